The van der Waals surface area contributed by atoms with Crippen molar-refractivity contribution in [3.8, 4) is 0 Å². The number of aromatic nitrogens is 2. The minimum atomic E-state index is -0.508. The summed E-state index contributed by atoms with van der Waals surface area (Å²) in [6.07, 6.45) is 2.08. The third-order valence-electron chi connectivity index (χ3n) is 4.23. The Labute approximate surface area is 174 Å². The SMILES string of the molecule is CCOC(=O)c1c(NC(=O)Cc2ccccc2)nc(SC)n1Cc1ccccc1. The molecule has 1 aromatic heterocycles. The van der Waals surface area contributed by atoms with E-state index in [0.29, 0.717) is 11.7 Å². The number of nitrogens with zero attached hydrogens (tertiary/aromatic N) is 2. The lowest BCUT2D eigenvalue weighted by Crippen LogP contribution is -2.19. The number of benzene rings is 2. The highest BCUT2D eigenvalue weighted by molar-refractivity contribution is 7.98. The molecule has 0 aliphatic heterocycles. The Kier molecular flexibility index (Phi) is 7.08. The fraction of sp³-hybridized carbons (Fsp3) is 0.227. The lowest BCUT2D eigenvalue weighted by molar-refractivity contribution is -0.115. The van der Waals surface area contributed by atoms with E-state index in [4.69, 9.17) is 4.74 Å². The zero-order valence-electron chi connectivity index (χ0n) is 16.4. The number of imidazole rings is 1. The zero-order chi connectivity index (χ0) is 20.6. The number of anilines is 1. The summed E-state index contributed by atoms with van der Waals surface area (Å²) in [6.45, 7) is 2.44. The molecule has 0 unspecified atom stereocenters. The Bertz CT molecular complexity index is 972. The van der Waals surface area contributed by atoms with E-state index in [1.165, 1.54) is 11.8 Å². The second-order valence-electron chi connectivity index (χ2n) is 6.30. The van der Waals surface area contributed by atoms with Crippen LogP contribution in [-0.2, 0) is 22.5 Å². The summed E-state index contributed by atoms with van der Waals surface area (Å²) in [5.41, 5.74) is 2.16. The molecule has 2 aromatic carbocycles. The van der Waals surface area contributed by atoms with E-state index in [0.717, 1.165) is 11.1 Å². The average molecular weight is 410 g/mol. The van der Waals surface area contributed by atoms with Crippen LogP contribution in [0.1, 0.15) is 28.5 Å². The van der Waals surface area contributed by atoms with Crippen molar-refractivity contribution in [1.29, 1.82) is 0 Å². The molecule has 29 heavy (non-hydrogen) atoms. The highest BCUT2D eigenvalue weighted by Crippen LogP contribution is 2.26. The summed E-state index contributed by atoms with van der Waals surface area (Å²) in [7, 11) is 0. The summed E-state index contributed by atoms with van der Waals surface area (Å²) < 4.78 is 7.03. The van der Waals surface area contributed by atoms with E-state index >= 15 is 0 Å². The van der Waals surface area contributed by atoms with Crippen molar-refractivity contribution in [1.82, 2.24) is 9.55 Å². The highest BCUT2D eigenvalue weighted by Gasteiger charge is 2.25. The number of nitrogens with one attached hydrogen (secondary N) is 1. The maximum absolute atomic E-state index is 12.7. The molecule has 1 heterocycles. The van der Waals surface area contributed by atoms with Crippen LogP contribution in [0.15, 0.2) is 65.8 Å². The molecule has 0 atom stereocenters. The van der Waals surface area contributed by atoms with E-state index < -0.39 is 5.97 Å². The summed E-state index contributed by atoms with van der Waals surface area (Å²) in [6, 6.07) is 19.2. The van der Waals surface area contributed by atoms with Crippen LogP contribution in [-0.4, -0.2) is 34.3 Å². The standard InChI is InChI=1S/C22H23N3O3S/c1-3-28-21(27)19-20(23-18(26)14-16-10-6-4-7-11-16)24-22(29-2)25(19)15-17-12-8-5-9-13-17/h4-13H,3,14-15H2,1-2H3,(H,23,26). The maximum Gasteiger partial charge on any atom is 0.358 e. The first-order valence-corrected chi connectivity index (χ1v) is 10.5. The van der Waals surface area contributed by atoms with E-state index in [2.05, 4.69) is 10.3 Å². The monoisotopic (exact) mass is 409 g/mol. The van der Waals surface area contributed by atoms with Crippen LogP contribution in [0.25, 0.3) is 0 Å². The summed E-state index contributed by atoms with van der Waals surface area (Å²) in [4.78, 5) is 29.8. The van der Waals surface area contributed by atoms with Gasteiger partial charge in [-0.3, -0.25) is 4.79 Å². The Morgan fingerprint density at radius 1 is 1.03 bits per heavy atom. The van der Waals surface area contributed by atoms with E-state index in [9.17, 15) is 9.59 Å². The third-order valence-corrected chi connectivity index (χ3v) is 4.91. The third kappa shape index (κ3) is 5.26. The number of hydrogen-bond acceptors (Lipinski definition) is 5. The van der Waals surface area contributed by atoms with Gasteiger partial charge in [0.2, 0.25) is 5.91 Å². The van der Waals surface area contributed by atoms with Crippen LogP contribution in [0.4, 0.5) is 5.82 Å². The molecular formula is C22H23N3O3S. The number of esters is 1. The van der Waals surface area contributed by atoms with Gasteiger partial charge in [-0.05, 0) is 24.3 Å². The molecule has 3 aromatic rings. The van der Waals surface area contributed by atoms with Crippen molar-refractivity contribution in [2.24, 2.45) is 0 Å². The highest BCUT2D eigenvalue weighted by atomic mass is 32.2. The molecule has 7 heteroatoms. The van der Waals surface area contributed by atoms with Crippen LogP contribution in [0.5, 0.6) is 0 Å². The minimum Gasteiger partial charge on any atom is -0.461 e. The Morgan fingerprint density at radius 3 is 2.24 bits per heavy atom. The van der Waals surface area contributed by atoms with Crippen LogP contribution in [0.2, 0.25) is 0 Å². The normalized spacial score (nSPS) is 10.6. The molecule has 0 saturated heterocycles. The molecule has 0 spiro atoms. The van der Waals surface area contributed by atoms with Gasteiger partial charge in [0.05, 0.1) is 19.6 Å². The summed E-state index contributed by atoms with van der Waals surface area (Å²) in [5.74, 6) is -0.519. The molecule has 0 bridgehead atoms. The van der Waals surface area contributed by atoms with Crippen molar-refractivity contribution in [3.05, 3.63) is 77.5 Å². The van der Waals surface area contributed by atoms with Gasteiger partial charge < -0.3 is 14.6 Å². The lowest BCUT2D eigenvalue weighted by atomic mass is 10.1. The average Bonchev–Trinajstić information content (AvgIpc) is 3.06. The van der Waals surface area contributed by atoms with Crippen LogP contribution in [0, 0.1) is 0 Å². The van der Waals surface area contributed by atoms with Crippen molar-refractivity contribution >= 4 is 29.5 Å². The Hall–Kier alpha value is -3.06. The van der Waals surface area contributed by atoms with Gasteiger partial charge in [0.15, 0.2) is 16.7 Å². The van der Waals surface area contributed by atoms with Gasteiger partial charge in [0.1, 0.15) is 0 Å². The van der Waals surface area contributed by atoms with Gasteiger partial charge in [-0.1, -0.05) is 72.4 Å². The van der Waals surface area contributed by atoms with Crippen LogP contribution < -0.4 is 5.32 Å². The molecule has 150 valence electrons. The molecular weight excluding hydrogens is 386 g/mol. The predicted molar refractivity (Wildman–Crippen MR) is 114 cm³/mol. The maximum atomic E-state index is 12.7. The fourth-order valence-corrected chi connectivity index (χ4v) is 3.51. The molecule has 6 nitrogen and oxygen atoms in total. The predicted octanol–water partition coefficient (Wildman–Crippen LogP) is 4.01. The molecule has 0 saturated carbocycles. The van der Waals surface area contributed by atoms with Crippen molar-refractivity contribution in [3.63, 3.8) is 0 Å². The molecule has 0 aliphatic rings. The molecule has 1 amide bonds. The first-order valence-electron chi connectivity index (χ1n) is 9.31. The smallest absolute Gasteiger partial charge is 0.358 e. The van der Waals surface area contributed by atoms with E-state index in [1.807, 2.05) is 66.9 Å². The van der Waals surface area contributed by atoms with Crippen molar-refractivity contribution in [2.75, 3.05) is 18.2 Å². The number of thioether (sulfide) groups is 1. The Balaban J connectivity index is 1.92. The lowest BCUT2D eigenvalue weighted by Gasteiger charge is -2.11. The summed E-state index contributed by atoms with van der Waals surface area (Å²) >= 11 is 1.41. The molecule has 1 N–H and O–H groups in total. The van der Waals surface area contributed by atoms with Gasteiger partial charge in [-0.2, -0.15) is 0 Å². The molecule has 0 fully saturated rings. The first kappa shape index (κ1) is 20.7. The quantitative estimate of drug-likeness (QED) is 0.449. The number of carbonyl (C=O) groups is 2. The number of rotatable bonds is 8. The minimum absolute atomic E-state index is 0.198. The van der Waals surface area contributed by atoms with E-state index in [1.54, 1.807) is 11.5 Å². The molecule has 0 radical (unpaired) electrons. The first-order chi connectivity index (χ1) is 14.1. The fourth-order valence-electron chi connectivity index (χ4n) is 2.95. The zero-order valence-corrected chi connectivity index (χ0v) is 17.2. The van der Waals surface area contributed by atoms with Crippen LogP contribution in [0.3, 0.4) is 0 Å². The number of ether oxygens (including phenoxy) is 1. The van der Waals surface area contributed by atoms with E-state index in [-0.39, 0.29) is 30.4 Å². The number of hydrogen-bond donors (Lipinski definition) is 1. The van der Waals surface area contributed by atoms with Crippen molar-refractivity contribution in [2.45, 2.75) is 25.0 Å². The van der Waals surface area contributed by atoms with Crippen molar-refractivity contribution < 1.29 is 14.3 Å². The summed E-state index contributed by atoms with van der Waals surface area (Å²) in [5, 5.41) is 3.43. The van der Waals surface area contributed by atoms with Gasteiger partial charge in [-0.15, -0.1) is 0 Å². The van der Waals surface area contributed by atoms with Gasteiger partial charge in [0.25, 0.3) is 0 Å². The number of carbonyl (C=O) groups excluding carboxylic acids is 2. The number of amides is 1. The van der Waals surface area contributed by atoms with Gasteiger partial charge in [0, 0.05) is 0 Å². The molecule has 3 rings (SSSR count). The topological polar surface area (TPSA) is 73.2 Å². The van der Waals surface area contributed by atoms with Gasteiger partial charge >= 0.3 is 5.97 Å². The van der Waals surface area contributed by atoms with Gasteiger partial charge in [-0.25, -0.2) is 9.78 Å². The Morgan fingerprint density at radius 2 is 1.66 bits per heavy atom. The largest absolute Gasteiger partial charge is 0.461 e. The second kappa shape index (κ2) is 9.93. The molecule has 0 aliphatic carbocycles. The second-order valence-corrected chi connectivity index (χ2v) is 7.07. The van der Waals surface area contributed by atoms with Crippen LogP contribution >= 0.6 is 11.8 Å².